The van der Waals surface area contributed by atoms with Gasteiger partial charge in [0.2, 0.25) is 9.84 Å². The standard InChI is InChI=1S/C17H18F2N6O2S/c1-23-15-12(10-22-23)16(21-11-20-15)25-8-6-24(7-9-25)13-4-2-3-5-14(13)28(26,27)17(18)19/h2-5,10-11,17H,6-9H2,1H3. The van der Waals surface area contributed by atoms with E-state index in [2.05, 4.69) is 20.0 Å². The van der Waals surface area contributed by atoms with E-state index in [1.807, 2.05) is 4.90 Å². The molecule has 0 unspecified atom stereocenters. The van der Waals surface area contributed by atoms with Gasteiger partial charge in [-0.1, -0.05) is 12.1 Å². The summed E-state index contributed by atoms with van der Waals surface area (Å²) in [6.07, 6.45) is 3.19. The quantitative estimate of drug-likeness (QED) is 0.649. The molecule has 1 aliphatic heterocycles. The van der Waals surface area contributed by atoms with E-state index in [0.717, 1.165) is 16.9 Å². The second-order valence-electron chi connectivity index (χ2n) is 6.45. The Morgan fingerprint density at radius 1 is 1.04 bits per heavy atom. The van der Waals surface area contributed by atoms with E-state index in [9.17, 15) is 17.2 Å². The van der Waals surface area contributed by atoms with E-state index in [0.29, 0.717) is 31.9 Å². The number of benzene rings is 1. The van der Waals surface area contributed by atoms with Gasteiger partial charge in [-0.05, 0) is 12.1 Å². The molecule has 8 nitrogen and oxygen atoms in total. The third kappa shape index (κ3) is 3.05. The van der Waals surface area contributed by atoms with Gasteiger partial charge in [0, 0.05) is 33.2 Å². The van der Waals surface area contributed by atoms with Crippen LogP contribution in [0.25, 0.3) is 11.0 Å². The van der Waals surface area contributed by atoms with Crippen LogP contribution >= 0.6 is 0 Å². The largest absolute Gasteiger partial charge is 0.367 e. The molecular formula is C17H18F2N6O2S. The van der Waals surface area contributed by atoms with Crippen LogP contribution in [0.3, 0.4) is 0 Å². The number of halogens is 2. The van der Waals surface area contributed by atoms with Crippen LogP contribution in [0.4, 0.5) is 20.3 Å². The van der Waals surface area contributed by atoms with Crippen molar-refractivity contribution < 1.29 is 17.2 Å². The molecule has 1 saturated heterocycles. The van der Waals surface area contributed by atoms with Gasteiger partial charge in [-0.25, -0.2) is 18.4 Å². The number of rotatable bonds is 4. The summed E-state index contributed by atoms with van der Waals surface area (Å²) in [5.41, 5.74) is 1.03. The predicted molar refractivity (Wildman–Crippen MR) is 100 cm³/mol. The number of para-hydroxylation sites is 1. The van der Waals surface area contributed by atoms with Gasteiger partial charge in [0.05, 0.1) is 22.2 Å². The highest BCUT2D eigenvalue weighted by molar-refractivity contribution is 7.91. The summed E-state index contributed by atoms with van der Waals surface area (Å²) in [6, 6.07) is 5.90. The molecule has 1 fully saturated rings. The Kier molecular flexibility index (Phi) is 4.61. The molecule has 28 heavy (non-hydrogen) atoms. The first-order valence-electron chi connectivity index (χ1n) is 8.63. The van der Waals surface area contributed by atoms with Crippen molar-refractivity contribution in [3.63, 3.8) is 0 Å². The summed E-state index contributed by atoms with van der Waals surface area (Å²) in [5.74, 6) is -2.69. The minimum atomic E-state index is -4.67. The van der Waals surface area contributed by atoms with Crippen molar-refractivity contribution in [1.82, 2.24) is 19.7 Å². The number of aromatic nitrogens is 4. The lowest BCUT2D eigenvalue weighted by Crippen LogP contribution is -2.47. The van der Waals surface area contributed by atoms with Crippen LogP contribution in [0.2, 0.25) is 0 Å². The maximum absolute atomic E-state index is 13.0. The average molecular weight is 408 g/mol. The number of piperazine rings is 1. The molecule has 0 atom stereocenters. The molecule has 1 aromatic carbocycles. The van der Waals surface area contributed by atoms with Crippen LogP contribution in [-0.2, 0) is 16.9 Å². The molecule has 0 bridgehead atoms. The lowest BCUT2D eigenvalue weighted by atomic mass is 10.2. The van der Waals surface area contributed by atoms with Crippen LogP contribution < -0.4 is 9.80 Å². The molecule has 0 spiro atoms. The van der Waals surface area contributed by atoms with Gasteiger partial charge in [-0.2, -0.15) is 13.9 Å². The van der Waals surface area contributed by atoms with E-state index in [4.69, 9.17) is 0 Å². The van der Waals surface area contributed by atoms with Gasteiger partial charge >= 0.3 is 5.76 Å². The molecule has 0 saturated carbocycles. The first-order chi connectivity index (χ1) is 13.4. The molecule has 0 aliphatic carbocycles. The lowest BCUT2D eigenvalue weighted by Gasteiger charge is -2.37. The van der Waals surface area contributed by atoms with Crippen LogP contribution in [-0.4, -0.2) is 60.1 Å². The molecule has 4 rings (SSSR count). The highest BCUT2D eigenvalue weighted by Gasteiger charge is 2.31. The maximum atomic E-state index is 13.0. The van der Waals surface area contributed by atoms with Gasteiger partial charge in [0.1, 0.15) is 12.1 Å². The van der Waals surface area contributed by atoms with Gasteiger partial charge in [0.15, 0.2) is 5.65 Å². The summed E-state index contributed by atoms with van der Waals surface area (Å²) in [7, 11) is -2.87. The zero-order valence-corrected chi connectivity index (χ0v) is 15.9. The SMILES string of the molecule is Cn1ncc2c(N3CCN(c4ccccc4S(=O)(=O)C(F)F)CC3)ncnc21. The molecule has 1 aliphatic rings. The van der Waals surface area contributed by atoms with Gasteiger partial charge in [-0.15, -0.1) is 0 Å². The second-order valence-corrected chi connectivity index (χ2v) is 8.34. The first-order valence-corrected chi connectivity index (χ1v) is 10.2. The van der Waals surface area contributed by atoms with E-state index in [1.54, 1.807) is 30.1 Å². The minimum Gasteiger partial charge on any atom is -0.367 e. The van der Waals surface area contributed by atoms with Crippen LogP contribution in [0.1, 0.15) is 0 Å². The molecule has 148 valence electrons. The molecule has 0 N–H and O–H groups in total. The average Bonchev–Trinajstić information content (AvgIpc) is 3.09. The van der Waals surface area contributed by atoms with Crippen LogP contribution in [0, 0.1) is 0 Å². The number of fused-ring (bicyclic) bond motifs is 1. The van der Waals surface area contributed by atoms with Crippen molar-refractivity contribution in [1.29, 1.82) is 0 Å². The Hall–Kier alpha value is -2.82. The van der Waals surface area contributed by atoms with Crippen molar-refractivity contribution in [2.24, 2.45) is 7.05 Å². The molecule has 11 heteroatoms. The monoisotopic (exact) mass is 408 g/mol. The van der Waals surface area contributed by atoms with Crippen molar-refractivity contribution in [2.45, 2.75) is 10.7 Å². The van der Waals surface area contributed by atoms with E-state index in [-0.39, 0.29) is 4.90 Å². The van der Waals surface area contributed by atoms with Crippen LogP contribution in [0.5, 0.6) is 0 Å². The number of anilines is 2. The van der Waals surface area contributed by atoms with Gasteiger partial charge in [-0.3, -0.25) is 4.68 Å². The Morgan fingerprint density at radius 3 is 2.43 bits per heavy atom. The Balaban J connectivity index is 1.59. The zero-order chi connectivity index (χ0) is 19.9. The fourth-order valence-corrected chi connectivity index (χ4v) is 4.36. The Labute approximate surface area is 160 Å². The number of nitrogens with zero attached hydrogens (tertiary/aromatic N) is 6. The van der Waals surface area contributed by atoms with Crippen molar-refractivity contribution in [3.05, 3.63) is 36.8 Å². The second kappa shape index (κ2) is 6.97. The topological polar surface area (TPSA) is 84.2 Å². The molecule has 0 amide bonds. The lowest BCUT2D eigenvalue weighted by molar-refractivity contribution is 0.235. The number of hydrogen-bond donors (Lipinski definition) is 0. The highest BCUT2D eigenvalue weighted by Crippen LogP contribution is 2.31. The summed E-state index contributed by atoms with van der Waals surface area (Å²) in [4.78, 5) is 12.1. The molecule has 3 heterocycles. The third-order valence-electron chi connectivity index (χ3n) is 4.83. The van der Waals surface area contributed by atoms with Gasteiger partial charge in [0.25, 0.3) is 0 Å². The minimum absolute atomic E-state index is 0.302. The predicted octanol–water partition coefficient (Wildman–Crippen LogP) is 1.69. The molecular weight excluding hydrogens is 390 g/mol. The Morgan fingerprint density at radius 2 is 1.71 bits per heavy atom. The highest BCUT2D eigenvalue weighted by atomic mass is 32.2. The zero-order valence-electron chi connectivity index (χ0n) is 15.0. The first kappa shape index (κ1) is 18.5. The van der Waals surface area contributed by atoms with Crippen LogP contribution in [0.15, 0.2) is 41.7 Å². The number of alkyl halides is 2. The fourth-order valence-electron chi connectivity index (χ4n) is 3.42. The Bertz CT molecular complexity index is 1110. The maximum Gasteiger partial charge on any atom is 0.341 e. The fraction of sp³-hybridized carbons (Fsp3) is 0.353. The van der Waals surface area contributed by atoms with Gasteiger partial charge < -0.3 is 9.80 Å². The normalized spacial score (nSPS) is 15.6. The molecule has 3 aromatic rings. The number of sulfone groups is 1. The van der Waals surface area contributed by atoms with E-state index in [1.165, 1.54) is 18.5 Å². The number of aryl methyl sites for hydroxylation is 1. The van der Waals surface area contributed by atoms with E-state index < -0.39 is 15.6 Å². The molecule has 0 radical (unpaired) electrons. The van der Waals surface area contributed by atoms with Crippen molar-refractivity contribution in [2.75, 3.05) is 36.0 Å². The smallest absolute Gasteiger partial charge is 0.341 e. The molecule has 2 aromatic heterocycles. The summed E-state index contributed by atoms with van der Waals surface area (Å²) in [5, 5.41) is 5.04. The number of hydrogen-bond acceptors (Lipinski definition) is 7. The van der Waals surface area contributed by atoms with Crippen molar-refractivity contribution in [3.8, 4) is 0 Å². The van der Waals surface area contributed by atoms with E-state index >= 15 is 0 Å². The summed E-state index contributed by atoms with van der Waals surface area (Å²) in [6.45, 7) is 2.07. The summed E-state index contributed by atoms with van der Waals surface area (Å²) < 4.78 is 51.8. The summed E-state index contributed by atoms with van der Waals surface area (Å²) >= 11 is 0. The third-order valence-corrected chi connectivity index (χ3v) is 6.26. The van der Waals surface area contributed by atoms with Crippen molar-refractivity contribution >= 4 is 32.4 Å².